The van der Waals surface area contributed by atoms with Gasteiger partial charge in [0.05, 0.1) is 10.6 Å². The Kier molecular flexibility index (Phi) is 6.61. The Morgan fingerprint density at radius 1 is 1.17 bits per heavy atom. The molecule has 3 heterocycles. The smallest absolute Gasteiger partial charge is 0.296 e. The van der Waals surface area contributed by atoms with Crippen LogP contribution in [0.25, 0.3) is 11.0 Å². The van der Waals surface area contributed by atoms with Crippen molar-refractivity contribution in [3.05, 3.63) is 58.1 Å². The van der Waals surface area contributed by atoms with Crippen molar-refractivity contribution >= 4 is 40.2 Å². The van der Waals surface area contributed by atoms with Crippen molar-refractivity contribution in [1.82, 2.24) is 24.6 Å². The zero-order valence-corrected chi connectivity index (χ0v) is 20.3. The highest BCUT2D eigenvalue weighted by atomic mass is 35.5. The average molecular weight is 502 g/mol. The second kappa shape index (κ2) is 9.35. The SMILES string of the molecule is CN(C)C(=O)C(=O)c1c2nc(C(=O)N3CCC(O)(Cc4ccc(F)cc4)CC3)c(Cl)cc2nn1C. The minimum Gasteiger partial charge on any atom is -0.389 e. The molecule has 1 N–H and O–H groups in total. The summed E-state index contributed by atoms with van der Waals surface area (Å²) in [5.41, 5.74) is 0.108. The number of aliphatic hydroxyl groups is 1. The molecule has 1 fully saturated rings. The molecule has 0 unspecified atom stereocenters. The zero-order valence-electron chi connectivity index (χ0n) is 19.6. The van der Waals surface area contributed by atoms with Crippen LogP contribution in [0.2, 0.25) is 5.02 Å². The Balaban J connectivity index is 1.55. The predicted molar refractivity (Wildman–Crippen MR) is 127 cm³/mol. The number of ketones is 1. The molecule has 0 saturated carbocycles. The summed E-state index contributed by atoms with van der Waals surface area (Å²) < 4.78 is 14.4. The number of carbonyl (C=O) groups is 3. The Bertz CT molecular complexity index is 1310. The third-order valence-corrected chi connectivity index (χ3v) is 6.50. The van der Waals surface area contributed by atoms with Crippen LogP contribution < -0.4 is 0 Å². The number of Topliss-reactive ketones (excluding diaryl/α,β-unsaturated/α-hetero) is 1. The first-order valence-electron chi connectivity index (χ1n) is 11.0. The number of pyridine rings is 1. The topological polar surface area (TPSA) is 109 Å². The lowest BCUT2D eigenvalue weighted by Gasteiger charge is -2.38. The summed E-state index contributed by atoms with van der Waals surface area (Å²) in [7, 11) is 4.44. The normalized spacial score (nSPS) is 15.3. The summed E-state index contributed by atoms with van der Waals surface area (Å²) in [6, 6.07) is 7.42. The number of piperidine rings is 1. The van der Waals surface area contributed by atoms with Crippen molar-refractivity contribution in [2.24, 2.45) is 7.05 Å². The van der Waals surface area contributed by atoms with E-state index in [0.29, 0.717) is 19.3 Å². The maximum Gasteiger partial charge on any atom is 0.296 e. The molecule has 2 aromatic heterocycles. The highest BCUT2D eigenvalue weighted by Crippen LogP contribution is 2.29. The third-order valence-electron chi connectivity index (χ3n) is 6.21. The van der Waals surface area contributed by atoms with Crippen LogP contribution in [0, 0.1) is 5.82 Å². The Morgan fingerprint density at radius 3 is 2.40 bits per heavy atom. The van der Waals surface area contributed by atoms with E-state index in [1.54, 1.807) is 17.0 Å². The lowest BCUT2D eigenvalue weighted by Crippen LogP contribution is -2.48. The molecule has 0 aliphatic carbocycles. The lowest BCUT2D eigenvalue weighted by molar-refractivity contribution is -0.124. The van der Waals surface area contributed by atoms with E-state index >= 15 is 0 Å². The number of benzene rings is 1. The first-order valence-corrected chi connectivity index (χ1v) is 11.4. The monoisotopic (exact) mass is 501 g/mol. The van der Waals surface area contributed by atoms with Crippen molar-refractivity contribution in [1.29, 1.82) is 0 Å². The van der Waals surface area contributed by atoms with Gasteiger partial charge in [0.25, 0.3) is 17.6 Å². The number of hydrogen-bond acceptors (Lipinski definition) is 6. The summed E-state index contributed by atoms with van der Waals surface area (Å²) in [5, 5.41) is 15.3. The van der Waals surface area contributed by atoms with Gasteiger partial charge in [-0.1, -0.05) is 23.7 Å². The van der Waals surface area contributed by atoms with Crippen molar-refractivity contribution in [2.45, 2.75) is 24.9 Å². The van der Waals surface area contributed by atoms with Crippen LogP contribution in [0.5, 0.6) is 0 Å². The molecular weight excluding hydrogens is 477 g/mol. The van der Waals surface area contributed by atoms with Crippen LogP contribution in [0.15, 0.2) is 30.3 Å². The van der Waals surface area contributed by atoms with E-state index < -0.39 is 23.2 Å². The Labute approximate surface area is 206 Å². The number of halogens is 2. The summed E-state index contributed by atoms with van der Waals surface area (Å²) in [5.74, 6) is -2.32. The van der Waals surface area contributed by atoms with Crippen LogP contribution in [0.1, 0.15) is 39.4 Å². The fraction of sp³-hybridized carbons (Fsp3) is 0.375. The number of hydrogen-bond donors (Lipinski definition) is 1. The molecule has 1 aliphatic rings. The minimum absolute atomic E-state index is 0.0308. The summed E-state index contributed by atoms with van der Waals surface area (Å²) in [6.07, 6.45) is 0.995. The van der Waals surface area contributed by atoms with E-state index in [-0.39, 0.29) is 46.4 Å². The van der Waals surface area contributed by atoms with Crippen molar-refractivity contribution < 1.29 is 23.9 Å². The molecule has 0 atom stereocenters. The van der Waals surface area contributed by atoms with Gasteiger partial charge in [-0.3, -0.25) is 19.1 Å². The molecule has 9 nitrogen and oxygen atoms in total. The van der Waals surface area contributed by atoms with Crippen molar-refractivity contribution in [3.8, 4) is 0 Å². The Hall–Kier alpha value is -3.37. The van der Waals surface area contributed by atoms with Gasteiger partial charge in [0.1, 0.15) is 28.2 Å². The summed E-state index contributed by atoms with van der Waals surface area (Å²) >= 11 is 6.35. The van der Waals surface area contributed by atoms with Gasteiger partial charge in [0.15, 0.2) is 0 Å². The Morgan fingerprint density at radius 2 is 1.80 bits per heavy atom. The first kappa shape index (κ1) is 24.7. The summed E-state index contributed by atoms with van der Waals surface area (Å²) in [6.45, 7) is 0.537. The number of aryl methyl sites for hydroxylation is 1. The molecule has 0 bridgehead atoms. The number of carbonyl (C=O) groups excluding carboxylic acids is 3. The molecule has 2 amide bonds. The second-order valence-corrected chi connectivity index (χ2v) is 9.41. The molecule has 3 aromatic rings. The number of aromatic nitrogens is 3. The third kappa shape index (κ3) is 4.89. The maximum atomic E-state index is 13.3. The van der Waals surface area contributed by atoms with Gasteiger partial charge < -0.3 is 14.9 Å². The quantitative estimate of drug-likeness (QED) is 0.424. The number of likely N-dealkylation sites (N-methyl/N-ethyl adjacent to an activating group) is 1. The molecule has 4 rings (SSSR count). The van der Waals surface area contributed by atoms with E-state index in [4.69, 9.17) is 11.6 Å². The second-order valence-electron chi connectivity index (χ2n) is 9.01. The van der Waals surface area contributed by atoms with Crippen LogP contribution in [-0.4, -0.2) is 80.1 Å². The van der Waals surface area contributed by atoms with Gasteiger partial charge in [0, 0.05) is 40.7 Å². The van der Waals surface area contributed by atoms with Gasteiger partial charge in [-0.15, -0.1) is 0 Å². The molecular formula is C24H25ClFN5O4. The number of amides is 2. The van der Waals surface area contributed by atoms with Gasteiger partial charge in [-0.2, -0.15) is 5.10 Å². The fourth-order valence-corrected chi connectivity index (χ4v) is 4.46. The lowest BCUT2D eigenvalue weighted by atomic mass is 9.85. The number of nitrogens with zero attached hydrogens (tertiary/aromatic N) is 5. The van der Waals surface area contributed by atoms with E-state index in [0.717, 1.165) is 10.5 Å². The largest absolute Gasteiger partial charge is 0.389 e. The van der Waals surface area contributed by atoms with E-state index in [1.807, 2.05) is 0 Å². The molecule has 1 aliphatic heterocycles. The van der Waals surface area contributed by atoms with Gasteiger partial charge >= 0.3 is 0 Å². The summed E-state index contributed by atoms with van der Waals surface area (Å²) in [4.78, 5) is 45.3. The molecule has 35 heavy (non-hydrogen) atoms. The van der Waals surface area contributed by atoms with Crippen LogP contribution in [-0.2, 0) is 18.3 Å². The molecule has 1 saturated heterocycles. The van der Waals surface area contributed by atoms with Crippen molar-refractivity contribution in [3.63, 3.8) is 0 Å². The molecule has 0 spiro atoms. The molecule has 11 heteroatoms. The van der Waals surface area contributed by atoms with E-state index in [9.17, 15) is 23.9 Å². The molecule has 184 valence electrons. The van der Waals surface area contributed by atoms with Gasteiger partial charge in [-0.25, -0.2) is 9.37 Å². The zero-order chi connectivity index (χ0) is 25.5. The standard InChI is InChI=1S/C24H25ClFN5O4/c1-29(2)23(34)21(32)20-19-17(28-30(20)3)12-16(25)18(27-19)22(33)31-10-8-24(35,9-11-31)13-14-4-6-15(26)7-5-14/h4-7,12,35H,8-11,13H2,1-3H3. The number of rotatable bonds is 5. The maximum absolute atomic E-state index is 13.3. The van der Waals surface area contributed by atoms with Crippen LogP contribution >= 0.6 is 11.6 Å². The predicted octanol–water partition coefficient (Wildman–Crippen LogP) is 2.24. The van der Waals surface area contributed by atoms with E-state index in [1.165, 1.54) is 44.0 Å². The first-order chi connectivity index (χ1) is 16.5. The van der Waals surface area contributed by atoms with Crippen LogP contribution in [0.4, 0.5) is 4.39 Å². The highest BCUT2D eigenvalue weighted by Gasteiger charge is 2.35. The van der Waals surface area contributed by atoms with Gasteiger partial charge in [-0.05, 0) is 36.6 Å². The van der Waals surface area contributed by atoms with E-state index in [2.05, 4.69) is 10.1 Å². The fourth-order valence-electron chi connectivity index (χ4n) is 4.24. The minimum atomic E-state index is -1.02. The molecule has 0 radical (unpaired) electrons. The highest BCUT2D eigenvalue weighted by molar-refractivity contribution is 6.44. The average Bonchev–Trinajstić information content (AvgIpc) is 3.13. The van der Waals surface area contributed by atoms with Crippen molar-refractivity contribution in [2.75, 3.05) is 27.2 Å². The molecule has 1 aromatic carbocycles. The van der Waals surface area contributed by atoms with Crippen LogP contribution in [0.3, 0.4) is 0 Å². The number of fused-ring (bicyclic) bond motifs is 1. The number of likely N-dealkylation sites (tertiary alicyclic amines) is 1. The van der Waals surface area contributed by atoms with Gasteiger partial charge in [0.2, 0.25) is 0 Å².